The number of nitro benzene ring substituents is 1. The maximum absolute atomic E-state index is 13.1. The fourth-order valence-electron chi connectivity index (χ4n) is 2.09. The highest BCUT2D eigenvalue weighted by Gasteiger charge is 2.34. The van der Waals surface area contributed by atoms with Gasteiger partial charge < -0.3 is 4.74 Å². The van der Waals surface area contributed by atoms with Gasteiger partial charge in [-0.15, -0.1) is 0 Å². The maximum atomic E-state index is 13.1. The molecule has 2 rings (SSSR count). The van der Waals surface area contributed by atoms with Crippen LogP contribution in [0.25, 0.3) is 11.1 Å². The van der Waals surface area contributed by atoms with Crippen molar-refractivity contribution < 1.29 is 22.8 Å². The van der Waals surface area contributed by atoms with Crippen LogP contribution in [0.2, 0.25) is 0 Å². The van der Waals surface area contributed by atoms with Gasteiger partial charge in [-0.3, -0.25) is 10.1 Å². The third kappa shape index (κ3) is 3.19. The molecule has 0 N–H and O–H groups in total. The Hall–Kier alpha value is -2.57. The van der Waals surface area contributed by atoms with Crippen molar-refractivity contribution >= 4 is 5.69 Å². The average molecular weight is 311 g/mol. The van der Waals surface area contributed by atoms with Crippen LogP contribution in [0.5, 0.6) is 5.75 Å². The van der Waals surface area contributed by atoms with E-state index in [9.17, 15) is 23.3 Å². The molecule has 2 aromatic carbocycles. The van der Waals surface area contributed by atoms with Crippen molar-refractivity contribution in [1.29, 1.82) is 0 Å². The molecule has 2 aromatic rings. The van der Waals surface area contributed by atoms with Gasteiger partial charge in [-0.25, -0.2) is 0 Å². The van der Waals surface area contributed by atoms with E-state index in [1.165, 1.54) is 24.3 Å². The molecule has 0 aromatic heterocycles. The number of alkyl halides is 3. The zero-order chi connectivity index (χ0) is 16.3. The smallest absolute Gasteiger partial charge is 0.417 e. The number of nitro groups is 1. The van der Waals surface area contributed by atoms with Crippen molar-refractivity contribution in [2.45, 2.75) is 13.1 Å². The fraction of sp³-hybridized carbons (Fsp3) is 0.200. The Balaban J connectivity index is 2.65. The number of ether oxygens (including phenoxy) is 1. The van der Waals surface area contributed by atoms with E-state index in [0.29, 0.717) is 0 Å². The Kier molecular flexibility index (Phi) is 4.35. The number of rotatable bonds is 4. The molecule has 0 atom stereocenters. The Morgan fingerprint density at radius 1 is 1.14 bits per heavy atom. The molecule has 0 aliphatic rings. The summed E-state index contributed by atoms with van der Waals surface area (Å²) in [5.74, 6) is 0.0494. The molecule has 0 aliphatic carbocycles. The van der Waals surface area contributed by atoms with E-state index in [-0.39, 0.29) is 29.2 Å². The van der Waals surface area contributed by atoms with Gasteiger partial charge in [0.25, 0.3) is 5.69 Å². The lowest BCUT2D eigenvalue weighted by Gasteiger charge is -2.15. The summed E-state index contributed by atoms with van der Waals surface area (Å²) in [5, 5.41) is 10.8. The first-order valence-corrected chi connectivity index (χ1v) is 6.42. The number of nitrogens with zero attached hydrogens (tertiary/aromatic N) is 1. The largest absolute Gasteiger partial charge is 0.493 e. The van der Waals surface area contributed by atoms with Crippen LogP contribution in [0.1, 0.15) is 12.5 Å². The second kappa shape index (κ2) is 6.05. The van der Waals surface area contributed by atoms with Crippen LogP contribution >= 0.6 is 0 Å². The van der Waals surface area contributed by atoms with Crippen molar-refractivity contribution in [3.05, 3.63) is 58.1 Å². The van der Waals surface area contributed by atoms with Crippen molar-refractivity contribution in [3.63, 3.8) is 0 Å². The molecular formula is C15H12F3NO3. The molecule has 0 heterocycles. The van der Waals surface area contributed by atoms with E-state index in [2.05, 4.69) is 0 Å². The average Bonchev–Trinajstić information content (AvgIpc) is 2.46. The molecule has 0 amide bonds. The van der Waals surface area contributed by atoms with E-state index in [4.69, 9.17) is 4.74 Å². The lowest BCUT2D eigenvalue weighted by Crippen LogP contribution is -2.07. The van der Waals surface area contributed by atoms with Crippen molar-refractivity contribution in [3.8, 4) is 16.9 Å². The molecule has 0 saturated heterocycles. The number of halogens is 3. The van der Waals surface area contributed by atoms with E-state index in [1.807, 2.05) is 0 Å². The number of hydrogen-bond donors (Lipinski definition) is 0. The maximum Gasteiger partial charge on any atom is 0.417 e. The Morgan fingerprint density at radius 2 is 1.82 bits per heavy atom. The second-order valence-corrected chi connectivity index (χ2v) is 4.41. The molecule has 0 fully saturated rings. The van der Waals surface area contributed by atoms with Crippen LogP contribution in [0.4, 0.5) is 18.9 Å². The molecule has 0 bridgehead atoms. The van der Waals surface area contributed by atoms with Crippen LogP contribution in [0.3, 0.4) is 0 Å². The monoisotopic (exact) mass is 311 g/mol. The first kappa shape index (κ1) is 15.8. The minimum atomic E-state index is -4.53. The molecule has 0 radical (unpaired) electrons. The zero-order valence-corrected chi connectivity index (χ0v) is 11.6. The molecule has 0 aliphatic heterocycles. The number of hydrogen-bond acceptors (Lipinski definition) is 3. The van der Waals surface area contributed by atoms with Crippen LogP contribution < -0.4 is 4.74 Å². The number of benzene rings is 2. The van der Waals surface area contributed by atoms with E-state index in [0.717, 1.165) is 18.2 Å². The van der Waals surface area contributed by atoms with Gasteiger partial charge in [-0.05, 0) is 24.6 Å². The summed E-state index contributed by atoms with van der Waals surface area (Å²) >= 11 is 0. The molecule has 0 unspecified atom stereocenters. The van der Waals surface area contributed by atoms with Crippen LogP contribution in [0, 0.1) is 10.1 Å². The van der Waals surface area contributed by atoms with Gasteiger partial charge in [0.1, 0.15) is 5.75 Å². The standard InChI is InChI=1S/C15H12F3NO3/c1-2-22-14-9-10(19(20)21)7-8-12(14)11-5-3-4-6-13(11)15(16,17)18/h3-9H,2H2,1H3. The van der Waals surface area contributed by atoms with Gasteiger partial charge in [0.2, 0.25) is 0 Å². The van der Waals surface area contributed by atoms with Gasteiger partial charge in [-0.2, -0.15) is 13.2 Å². The van der Waals surface area contributed by atoms with Gasteiger partial charge in [0, 0.05) is 11.6 Å². The van der Waals surface area contributed by atoms with E-state index >= 15 is 0 Å². The molecule has 116 valence electrons. The lowest BCUT2D eigenvalue weighted by atomic mass is 9.98. The summed E-state index contributed by atoms with van der Waals surface area (Å²) in [6, 6.07) is 8.60. The third-order valence-corrected chi connectivity index (χ3v) is 3.00. The highest BCUT2D eigenvalue weighted by Crippen LogP contribution is 2.41. The second-order valence-electron chi connectivity index (χ2n) is 4.41. The Morgan fingerprint density at radius 3 is 2.41 bits per heavy atom. The normalized spacial score (nSPS) is 11.3. The highest BCUT2D eigenvalue weighted by atomic mass is 19.4. The zero-order valence-electron chi connectivity index (χ0n) is 11.6. The molecule has 7 heteroatoms. The summed E-state index contributed by atoms with van der Waals surface area (Å²) in [6.07, 6.45) is -4.53. The molecule has 0 saturated carbocycles. The van der Waals surface area contributed by atoms with Crippen molar-refractivity contribution in [2.24, 2.45) is 0 Å². The molecule has 0 spiro atoms. The van der Waals surface area contributed by atoms with Crippen LogP contribution in [0.15, 0.2) is 42.5 Å². The van der Waals surface area contributed by atoms with Crippen LogP contribution in [-0.2, 0) is 6.18 Å². The van der Waals surface area contributed by atoms with Crippen LogP contribution in [-0.4, -0.2) is 11.5 Å². The SMILES string of the molecule is CCOc1cc([N+](=O)[O-])ccc1-c1ccccc1C(F)(F)F. The molecular weight excluding hydrogens is 299 g/mol. The summed E-state index contributed by atoms with van der Waals surface area (Å²) < 4.78 is 44.6. The topological polar surface area (TPSA) is 52.4 Å². The third-order valence-electron chi connectivity index (χ3n) is 3.00. The lowest BCUT2D eigenvalue weighted by molar-refractivity contribution is -0.384. The predicted octanol–water partition coefficient (Wildman–Crippen LogP) is 4.68. The highest BCUT2D eigenvalue weighted by molar-refractivity contribution is 5.75. The predicted molar refractivity (Wildman–Crippen MR) is 74.7 cm³/mol. The Labute approximate surface area is 124 Å². The number of non-ortho nitro benzene ring substituents is 1. The van der Waals surface area contributed by atoms with Gasteiger partial charge >= 0.3 is 6.18 Å². The quantitative estimate of drug-likeness (QED) is 0.608. The Bertz CT molecular complexity index is 699. The van der Waals surface area contributed by atoms with E-state index < -0.39 is 16.7 Å². The minimum absolute atomic E-state index is 0.0494. The van der Waals surface area contributed by atoms with Gasteiger partial charge in [0.05, 0.1) is 23.2 Å². The molecule has 4 nitrogen and oxygen atoms in total. The van der Waals surface area contributed by atoms with E-state index in [1.54, 1.807) is 6.92 Å². The fourth-order valence-corrected chi connectivity index (χ4v) is 2.09. The first-order chi connectivity index (χ1) is 10.3. The summed E-state index contributed by atoms with van der Waals surface area (Å²) in [6.45, 7) is 1.83. The van der Waals surface area contributed by atoms with Gasteiger partial charge in [-0.1, -0.05) is 18.2 Å². The summed E-state index contributed by atoms with van der Waals surface area (Å²) in [7, 11) is 0. The van der Waals surface area contributed by atoms with Crippen molar-refractivity contribution in [2.75, 3.05) is 6.61 Å². The summed E-state index contributed by atoms with van der Waals surface area (Å²) in [4.78, 5) is 10.2. The summed E-state index contributed by atoms with van der Waals surface area (Å²) in [5.41, 5.74) is -0.963. The molecule has 22 heavy (non-hydrogen) atoms. The van der Waals surface area contributed by atoms with Crippen molar-refractivity contribution in [1.82, 2.24) is 0 Å². The van der Waals surface area contributed by atoms with Gasteiger partial charge in [0.15, 0.2) is 0 Å². The first-order valence-electron chi connectivity index (χ1n) is 6.42. The minimum Gasteiger partial charge on any atom is -0.493 e.